The SMILES string of the molecule is CC/C=C\C/C=C\C/C=C\C/C=C\CCCCCCCCCCCCCCCCCCCCCCCCC(=O)OC(COC(=O)CCCCCCCCCCCCCCCCCCCCCCCCCCCCC/C=C\CCCCCCCCCC)COP(=O)([O-])OCC[N+](C)(C)C. The number of ether oxygens (including phenoxy) is 2. The van der Waals surface area contributed by atoms with E-state index in [0.717, 1.165) is 57.8 Å². The maximum atomic E-state index is 12.9. The Morgan fingerprint density at radius 2 is 0.582 bits per heavy atom. The second kappa shape index (κ2) is 78.8. The topological polar surface area (TPSA) is 111 Å². The molecule has 0 fully saturated rings. The fourth-order valence-corrected chi connectivity index (χ4v) is 13.7. The van der Waals surface area contributed by atoms with Crippen LogP contribution in [0.25, 0.3) is 0 Å². The van der Waals surface area contributed by atoms with Crippen molar-refractivity contribution in [2.24, 2.45) is 0 Å². The van der Waals surface area contributed by atoms with Gasteiger partial charge in [-0.15, -0.1) is 0 Å². The molecule has 0 aliphatic rings. The summed E-state index contributed by atoms with van der Waals surface area (Å²) in [6, 6.07) is 0. The van der Waals surface area contributed by atoms with E-state index in [1.54, 1.807) is 0 Å². The predicted octanol–water partition coefficient (Wildman–Crippen LogP) is 28.2. The molecule has 0 aromatic heterocycles. The van der Waals surface area contributed by atoms with Crippen LogP contribution in [0.3, 0.4) is 0 Å². The Morgan fingerprint density at radius 1 is 0.327 bits per heavy atom. The van der Waals surface area contributed by atoms with Crippen molar-refractivity contribution < 1.29 is 42.1 Å². The molecule has 0 aromatic carbocycles. The Bertz CT molecular complexity index is 1840. The zero-order valence-corrected chi connectivity index (χ0v) is 66.9. The van der Waals surface area contributed by atoms with Crippen LogP contribution in [-0.4, -0.2) is 70.0 Å². The van der Waals surface area contributed by atoms with Gasteiger partial charge in [-0.25, -0.2) is 0 Å². The zero-order chi connectivity index (χ0) is 71.1. The molecule has 0 spiro atoms. The second-order valence-electron chi connectivity index (χ2n) is 30.5. The van der Waals surface area contributed by atoms with Crippen molar-refractivity contribution in [2.75, 3.05) is 47.5 Å². The van der Waals surface area contributed by atoms with Gasteiger partial charge >= 0.3 is 11.9 Å². The number of likely N-dealkylation sites (N-methyl/N-ethyl adjacent to an activating group) is 1. The van der Waals surface area contributed by atoms with Crippen LogP contribution in [0.2, 0.25) is 0 Å². The number of hydrogen-bond donors (Lipinski definition) is 0. The number of esters is 2. The van der Waals surface area contributed by atoms with Crippen molar-refractivity contribution in [3.63, 3.8) is 0 Å². The second-order valence-corrected chi connectivity index (χ2v) is 31.9. The molecule has 10 heteroatoms. The van der Waals surface area contributed by atoms with E-state index in [9.17, 15) is 19.0 Å². The van der Waals surface area contributed by atoms with Crippen molar-refractivity contribution in [1.82, 2.24) is 0 Å². The van der Waals surface area contributed by atoms with Crippen molar-refractivity contribution in [3.05, 3.63) is 60.8 Å². The lowest BCUT2D eigenvalue weighted by atomic mass is 10.0. The van der Waals surface area contributed by atoms with Crippen LogP contribution in [0, 0.1) is 0 Å². The highest BCUT2D eigenvalue weighted by Crippen LogP contribution is 2.38. The minimum absolute atomic E-state index is 0.0280. The van der Waals surface area contributed by atoms with Gasteiger partial charge in [-0.3, -0.25) is 14.2 Å². The van der Waals surface area contributed by atoms with Gasteiger partial charge in [-0.05, 0) is 77.0 Å². The van der Waals surface area contributed by atoms with Crippen molar-refractivity contribution in [2.45, 2.75) is 444 Å². The highest BCUT2D eigenvalue weighted by molar-refractivity contribution is 7.45. The van der Waals surface area contributed by atoms with Crippen molar-refractivity contribution in [3.8, 4) is 0 Å². The molecular weight excluding hydrogens is 1230 g/mol. The maximum Gasteiger partial charge on any atom is 0.306 e. The summed E-state index contributed by atoms with van der Waals surface area (Å²) in [6.45, 7) is 4.21. The highest BCUT2D eigenvalue weighted by atomic mass is 31.2. The van der Waals surface area contributed by atoms with E-state index >= 15 is 0 Å². The van der Waals surface area contributed by atoms with E-state index < -0.39 is 26.5 Å². The molecule has 0 rings (SSSR count). The predicted molar refractivity (Wildman–Crippen MR) is 425 cm³/mol. The van der Waals surface area contributed by atoms with E-state index in [1.165, 1.54) is 347 Å². The number of carbonyl (C=O) groups is 2. The molecule has 0 N–H and O–H groups in total. The molecule has 0 aliphatic carbocycles. The Kier molecular flexibility index (Phi) is 77.0. The minimum Gasteiger partial charge on any atom is -0.756 e. The van der Waals surface area contributed by atoms with Gasteiger partial charge in [0.05, 0.1) is 27.7 Å². The lowest BCUT2D eigenvalue weighted by Crippen LogP contribution is -2.37. The number of nitrogens with zero attached hydrogens (tertiary/aromatic N) is 1. The summed E-state index contributed by atoms with van der Waals surface area (Å²) in [5.41, 5.74) is 0. The maximum absolute atomic E-state index is 12.9. The summed E-state index contributed by atoms with van der Waals surface area (Å²) in [6.07, 6.45) is 107. The largest absolute Gasteiger partial charge is 0.756 e. The summed E-state index contributed by atoms with van der Waals surface area (Å²) in [7, 11) is 1.19. The molecule has 0 aromatic rings. The number of hydrogen-bond acceptors (Lipinski definition) is 8. The third-order valence-corrected chi connectivity index (χ3v) is 20.5. The van der Waals surface area contributed by atoms with E-state index in [4.69, 9.17) is 18.5 Å². The first kappa shape index (κ1) is 95.7. The molecule has 0 radical (unpaired) electrons. The molecule has 0 heterocycles. The van der Waals surface area contributed by atoms with Gasteiger partial charge in [-0.2, -0.15) is 0 Å². The zero-order valence-electron chi connectivity index (χ0n) is 66.0. The minimum atomic E-state index is -4.65. The molecule has 0 bridgehead atoms. The Labute approximate surface area is 610 Å². The van der Waals surface area contributed by atoms with Gasteiger partial charge in [-0.1, -0.05) is 408 Å². The highest BCUT2D eigenvalue weighted by Gasteiger charge is 2.22. The first-order valence-electron chi connectivity index (χ1n) is 43.0. The monoisotopic (exact) mass is 1400 g/mol. The van der Waals surface area contributed by atoms with E-state index in [0.29, 0.717) is 17.4 Å². The van der Waals surface area contributed by atoms with Crippen LogP contribution >= 0.6 is 7.82 Å². The van der Waals surface area contributed by atoms with Crippen LogP contribution < -0.4 is 4.89 Å². The third-order valence-electron chi connectivity index (χ3n) is 19.5. The summed E-state index contributed by atoms with van der Waals surface area (Å²) >= 11 is 0. The van der Waals surface area contributed by atoms with Crippen LogP contribution in [-0.2, 0) is 32.7 Å². The van der Waals surface area contributed by atoms with E-state index in [1.807, 2.05) is 21.1 Å². The molecule has 0 saturated carbocycles. The molecule has 0 saturated heterocycles. The number of unbranched alkanes of at least 4 members (excludes halogenated alkanes) is 57. The van der Waals surface area contributed by atoms with Crippen LogP contribution in [0.4, 0.5) is 0 Å². The average molecular weight is 1400 g/mol. The molecule has 576 valence electrons. The fourth-order valence-electron chi connectivity index (χ4n) is 13.0. The summed E-state index contributed by atoms with van der Waals surface area (Å²) in [5.74, 6) is -0.807. The number of rotatable bonds is 81. The lowest BCUT2D eigenvalue weighted by molar-refractivity contribution is -0.870. The first-order chi connectivity index (χ1) is 48.0. The lowest BCUT2D eigenvalue weighted by Gasteiger charge is -2.28. The third kappa shape index (κ3) is 82.7. The molecule has 0 amide bonds. The van der Waals surface area contributed by atoms with Crippen molar-refractivity contribution >= 4 is 19.8 Å². The van der Waals surface area contributed by atoms with Crippen molar-refractivity contribution in [1.29, 1.82) is 0 Å². The number of phosphoric acid groups is 1. The molecular formula is C88H166NO8P. The van der Waals surface area contributed by atoms with Gasteiger partial charge in [0.15, 0.2) is 6.10 Å². The quantitative estimate of drug-likeness (QED) is 0.0195. The Hall–Kier alpha value is -2.29. The molecule has 0 aliphatic heterocycles. The average Bonchev–Trinajstić information content (AvgIpc) is 1.08. The van der Waals surface area contributed by atoms with Crippen LogP contribution in [0.5, 0.6) is 0 Å². The van der Waals surface area contributed by atoms with Gasteiger partial charge in [0.2, 0.25) is 0 Å². The van der Waals surface area contributed by atoms with E-state index in [2.05, 4.69) is 74.6 Å². The first-order valence-corrected chi connectivity index (χ1v) is 44.5. The molecule has 2 atom stereocenters. The number of allylic oxidation sites excluding steroid dienone is 10. The van der Waals surface area contributed by atoms with Crippen LogP contribution in [0.1, 0.15) is 438 Å². The molecule has 2 unspecified atom stereocenters. The van der Waals surface area contributed by atoms with Gasteiger partial charge in [0, 0.05) is 12.8 Å². The Balaban J connectivity index is 3.86. The van der Waals surface area contributed by atoms with E-state index in [-0.39, 0.29) is 32.0 Å². The normalized spacial score (nSPS) is 13.2. The van der Waals surface area contributed by atoms with Gasteiger partial charge in [0.25, 0.3) is 7.82 Å². The Morgan fingerprint density at radius 3 is 0.878 bits per heavy atom. The summed E-state index contributed by atoms with van der Waals surface area (Å²) < 4.78 is 34.5. The summed E-state index contributed by atoms with van der Waals surface area (Å²) in [4.78, 5) is 38.2. The molecule has 9 nitrogen and oxygen atoms in total. The summed E-state index contributed by atoms with van der Waals surface area (Å²) in [5, 5.41) is 0. The standard InChI is InChI=1S/C88H166NO8P/c1-6-8-10-12-14-16-18-20-22-24-26-28-30-32-34-36-38-40-42-43-44-45-47-48-50-52-54-56-58-60-62-64-66-68-70-72-74-76-78-80-87(90)94-84-86(85-96-98(92,93)95-83-82-89(3,4)5)97-88(91)81-79-77-75-73-71-69-67-65-63-61-59-57-55-53-51-49-46-41-39-37-35-33-31-29-27-25-23-21-19-17-15-13-11-9-7-2/h9,11,15,17,21,23-24,26-27,29,86H,6-8,10,12-14,16,18-20,22,25,28,30-85H2,1-5H3/b11-9-,17-15-,23-21-,26-24-,29-27-. The number of phosphoric ester groups is 1. The van der Waals surface area contributed by atoms with Crippen LogP contribution in [0.15, 0.2) is 60.8 Å². The van der Waals surface area contributed by atoms with Gasteiger partial charge < -0.3 is 27.9 Å². The smallest absolute Gasteiger partial charge is 0.306 e. The van der Waals surface area contributed by atoms with Gasteiger partial charge in [0.1, 0.15) is 19.8 Å². The number of quaternary nitrogens is 1. The fraction of sp³-hybridized carbons (Fsp3) is 0.864. The number of carbonyl (C=O) groups excluding carboxylic acids is 2. The molecule has 98 heavy (non-hydrogen) atoms.